The van der Waals surface area contributed by atoms with Crippen LogP contribution in [0, 0.1) is 5.82 Å². The van der Waals surface area contributed by atoms with Gasteiger partial charge in [-0.1, -0.05) is 18.2 Å². The molecule has 1 aliphatic rings. The fourth-order valence-electron chi connectivity index (χ4n) is 3.04. The first kappa shape index (κ1) is 19.6. The van der Waals surface area contributed by atoms with Gasteiger partial charge in [-0.15, -0.1) is 0 Å². The van der Waals surface area contributed by atoms with E-state index >= 15 is 0 Å². The zero-order valence-corrected chi connectivity index (χ0v) is 15.1. The lowest BCUT2D eigenvalue weighted by atomic mass is 9.83. The van der Waals surface area contributed by atoms with E-state index in [4.69, 9.17) is 9.47 Å². The molecule has 7 heteroatoms. The molecule has 0 aliphatic carbocycles. The number of ether oxygens (including phenoxy) is 2. The van der Waals surface area contributed by atoms with Crippen LogP contribution in [0.4, 0.5) is 4.39 Å². The van der Waals surface area contributed by atoms with Gasteiger partial charge >= 0.3 is 11.9 Å². The van der Waals surface area contributed by atoms with E-state index in [1.54, 1.807) is 32.9 Å². The number of halogens is 1. The Labute approximate surface area is 151 Å². The van der Waals surface area contributed by atoms with Crippen LogP contribution in [-0.2, 0) is 23.9 Å². The van der Waals surface area contributed by atoms with E-state index in [-0.39, 0.29) is 48.9 Å². The number of benzene rings is 1. The van der Waals surface area contributed by atoms with Gasteiger partial charge in [0.05, 0.1) is 18.8 Å². The van der Waals surface area contributed by atoms with E-state index in [2.05, 4.69) is 0 Å². The van der Waals surface area contributed by atoms with Crippen LogP contribution in [0.5, 0.6) is 0 Å². The van der Waals surface area contributed by atoms with Gasteiger partial charge in [0.25, 0.3) is 0 Å². The van der Waals surface area contributed by atoms with Gasteiger partial charge in [0, 0.05) is 18.0 Å². The molecule has 0 spiro atoms. The van der Waals surface area contributed by atoms with Gasteiger partial charge in [-0.2, -0.15) is 0 Å². The summed E-state index contributed by atoms with van der Waals surface area (Å²) in [6.07, 6.45) is -0.133. The molecule has 0 saturated carbocycles. The molecule has 140 valence electrons. The lowest BCUT2D eigenvalue weighted by Crippen LogP contribution is -2.41. The average Bonchev–Trinajstić information content (AvgIpc) is 2.59. The fourth-order valence-corrected chi connectivity index (χ4v) is 3.04. The van der Waals surface area contributed by atoms with E-state index in [0.717, 1.165) is 0 Å². The number of nitrogens with zero attached hydrogens (tertiary/aromatic N) is 1. The van der Waals surface area contributed by atoms with Crippen molar-refractivity contribution in [2.75, 3.05) is 19.8 Å². The number of carbonyl (C=O) groups is 3. The number of amides is 1. The van der Waals surface area contributed by atoms with Gasteiger partial charge in [0.2, 0.25) is 5.91 Å². The molecule has 2 rings (SSSR count). The van der Waals surface area contributed by atoms with Crippen molar-refractivity contribution in [2.45, 2.75) is 33.1 Å². The first-order valence-corrected chi connectivity index (χ1v) is 8.48. The maximum absolute atomic E-state index is 14.3. The highest BCUT2D eigenvalue weighted by atomic mass is 19.1. The lowest BCUT2D eigenvalue weighted by molar-refractivity contribution is -0.149. The van der Waals surface area contributed by atoms with Crippen molar-refractivity contribution in [2.24, 2.45) is 0 Å². The molecule has 6 nitrogen and oxygen atoms in total. The van der Waals surface area contributed by atoms with Gasteiger partial charge in [0.15, 0.2) is 0 Å². The Morgan fingerprint density at radius 1 is 1.19 bits per heavy atom. The molecule has 26 heavy (non-hydrogen) atoms. The molecular weight excluding hydrogens is 341 g/mol. The smallest absolute Gasteiger partial charge is 0.336 e. The molecule has 1 heterocycles. The second kappa shape index (κ2) is 8.60. The molecule has 0 saturated heterocycles. The minimum absolute atomic E-state index is 0.133. The number of carbonyl (C=O) groups excluding carboxylic acids is 3. The summed E-state index contributed by atoms with van der Waals surface area (Å²) in [4.78, 5) is 38.1. The summed E-state index contributed by atoms with van der Waals surface area (Å²) in [5, 5.41) is 0. The van der Waals surface area contributed by atoms with Crippen LogP contribution in [0.2, 0.25) is 0 Å². The minimum Gasteiger partial charge on any atom is -0.465 e. The Balaban J connectivity index is 2.49. The lowest BCUT2D eigenvalue weighted by Gasteiger charge is -2.33. The number of esters is 2. The highest BCUT2D eigenvalue weighted by Gasteiger charge is 2.38. The summed E-state index contributed by atoms with van der Waals surface area (Å²) in [5.41, 5.74) is 0.709. The van der Waals surface area contributed by atoms with Crippen molar-refractivity contribution in [3.63, 3.8) is 0 Å². The Hall–Kier alpha value is -2.70. The summed E-state index contributed by atoms with van der Waals surface area (Å²) in [6, 6.07) is 6.01. The molecule has 1 aromatic rings. The molecule has 1 aromatic carbocycles. The van der Waals surface area contributed by atoms with Crippen LogP contribution in [0.3, 0.4) is 0 Å². The predicted molar refractivity (Wildman–Crippen MR) is 91.4 cm³/mol. The highest BCUT2D eigenvalue weighted by Crippen LogP contribution is 2.38. The maximum atomic E-state index is 14.3. The van der Waals surface area contributed by atoms with Gasteiger partial charge < -0.3 is 14.4 Å². The molecule has 1 unspecified atom stereocenters. The van der Waals surface area contributed by atoms with Gasteiger partial charge in [-0.25, -0.2) is 9.18 Å². The Bertz CT molecular complexity index is 743. The van der Waals surface area contributed by atoms with Gasteiger partial charge in [-0.05, 0) is 32.4 Å². The molecule has 0 radical (unpaired) electrons. The summed E-state index contributed by atoms with van der Waals surface area (Å²) in [6.45, 7) is 4.91. The van der Waals surface area contributed by atoms with Crippen molar-refractivity contribution >= 4 is 17.8 Å². The molecular formula is C19H22FNO5. The molecule has 1 atom stereocenters. The summed E-state index contributed by atoms with van der Waals surface area (Å²) in [5.74, 6) is -2.84. The molecule has 0 aromatic heterocycles. The van der Waals surface area contributed by atoms with Crippen LogP contribution in [0.1, 0.15) is 38.7 Å². The first-order chi connectivity index (χ1) is 12.4. The maximum Gasteiger partial charge on any atom is 0.336 e. The molecule has 0 N–H and O–H groups in total. The Kier molecular flexibility index (Phi) is 6.49. The van der Waals surface area contributed by atoms with Crippen molar-refractivity contribution < 1.29 is 28.2 Å². The first-order valence-electron chi connectivity index (χ1n) is 8.48. The molecule has 1 amide bonds. The SMILES string of the molecule is CCOC(=O)CN1C(=O)CC(c2ccccc2F)C(C(=O)OCC)=C1C. The fraction of sp³-hybridized carbons (Fsp3) is 0.421. The number of hydrogen-bond donors (Lipinski definition) is 0. The van der Waals surface area contributed by atoms with Gasteiger partial charge in [-0.3, -0.25) is 9.59 Å². The minimum atomic E-state index is -0.763. The van der Waals surface area contributed by atoms with Crippen molar-refractivity contribution in [1.29, 1.82) is 0 Å². The van der Waals surface area contributed by atoms with Crippen LogP contribution >= 0.6 is 0 Å². The zero-order chi connectivity index (χ0) is 19.3. The Morgan fingerprint density at radius 3 is 2.46 bits per heavy atom. The second-order valence-electron chi connectivity index (χ2n) is 5.78. The quantitative estimate of drug-likeness (QED) is 0.726. The molecule has 1 aliphatic heterocycles. The molecule has 0 bridgehead atoms. The summed E-state index contributed by atoms with van der Waals surface area (Å²) >= 11 is 0. The zero-order valence-electron chi connectivity index (χ0n) is 15.1. The Morgan fingerprint density at radius 2 is 1.85 bits per heavy atom. The van der Waals surface area contributed by atoms with Crippen molar-refractivity contribution in [1.82, 2.24) is 4.90 Å². The van der Waals surface area contributed by atoms with Crippen molar-refractivity contribution in [3.05, 3.63) is 46.9 Å². The van der Waals surface area contributed by atoms with E-state index < -0.39 is 23.7 Å². The molecule has 0 fully saturated rings. The highest BCUT2D eigenvalue weighted by molar-refractivity contribution is 5.96. The third kappa shape index (κ3) is 4.09. The van der Waals surface area contributed by atoms with Crippen LogP contribution in [-0.4, -0.2) is 42.5 Å². The summed E-state index contributed by atoms with van der Waals surface area (Å²) < 4.78 is 24.3. The van der Waals surface area contributed by atoms with Crippen LogP contribution < -0.4 is 0 Å². The number of hydrogen-bond acceptors (Lipinski definition) is 5. The predicted octanol–water partition coefficient (Wildman–Crippen LogP) is 2.54. The van der Waals surface area contributed by atoms with Gasteiger partial charge in [0.1, 0.15) is 12.4 Å². The van der Waals surface area contributed by atoms with E-state index in [0.29, 0.717) is 0 Å². The third-order valence-corrected chi connectivity index (χ3v) is 4.19. The largest absolute Gasteiger partial charge is 0.465 e. The van der Waals surface area contributed by atoms with E-state index in [9.17, 15) is 18.8 Å². The monoisotopic (exact) mass is 363 g/mol. The standard InChI is InChI=1S/C19H22FNO5/c1-4-25-17(23)11-21-12(3)18(19(24)26-5-2)14(10-16(21)22)13-8-6-7-9-15(13)20/h6-9,14H,4-5,10-11H2,1-3H3. The van der Waals surface area contributed by atoms with E-state index in [1.165, 1.54) is 17.0 Å². The van der Waals surface area contributed by atoms with Crippen LogP contribution in [0.15, 0.2) is 35.5 Å². The van der Waals surface area contributed by atoms with Crippen LogP contribution in [0.25, 0.3) is 0 Å². The second-order valence-corrected chi connectivity index (χ2v) is 5.78. The van der Waals surface area contributed by atoms with Crippen molar-refractivity contribution in [3.8, 4) is 0 Å². The topological polar surface area (TPSA) is 72.9 Å². The number of allylic oxidation sites excluding steroid dienone is 1. The average molecular weight is 363 g/mol. The third-order valence-electron chi connectivity index (χ3n) is 4.19. The number of rotatable bonds is 6. The summed E-state index contributed by atoms with van der Waals surface area (Å²) in [7, 11) is 0. The van der Waals surface area contributed by atoms with E-state index in [1.807, 2.05) is 0 Å². The normalized spacial score (nSPS) is 17.3.